The highest BCUT2D eigenvalue weighted by Gasteiger charge is 2.21. The Balaban J connectivity index is 1.42. The fraction of sp³-hybridized carbons (Fsp3) is 0.364. The van der Waals surface area contributed by atoms with Gasteiger partial charge in [-0.3, -0.25) is 18.8 Å². The van der Waals surface area contributed by atoms with Gasteiger partial charge in [-0.15, -0.1) is 0 Å². The number of nitrogens with zero attached hydrogens (tertiary/aromatic N) is 4. The van der Waals surface area contributed by atoms with Crippen molar-refractivity contribution in [3.05, 3.63) is 70.4 Å². The maximum Gasteiger partial charge on any atom is 0.329 e. The summed E-state index contributed by atoms with van der Waals surface area (Å²) in [6.45, 7) is 3.74. The predicted octanol–water partition coefficient (Wildman–Crippen LogP) is 2.21. The number of halogens is 1. The molecule has 1 aliphatic rings. The van der Waals surface area contributed by atoms with Crippen LogP contribution >= 0.6 is 0 Å². The van der Waals surface area contributed by atoms with Crippen LogP contribution in [-0.4, -0.2) is 51.0 Å². The monoisotopic (exact) mass is 396 g/mol. The second-order valence-electron chi connectivity index (χ2n) is 7.55. The van der Waals surface area contributed by atoms with Crippen LogP contribution in [0.15, 0.2) is 53.3 Å². The number of benzene rings is 2. The zero-order chi connectivity index (χ0) is 20.4. The van der Waals surface area contributed by atoms with E-state index in [4.69, 9.17) is 0 Å². The second-order valence-corrected chi connectivity index (χ2v) is 7.55. The standard InChI is InChI=1S/C22H25FN4O2/c1-24-19-5-2-3-6-20(19)27(22(24)29)16-21(28)26-12-4-11-25(13-14-26)15-17-7-9-18(23)10-8-17/h2-3,5-10H,4,11-16H2,1H3. The van der Waals surface area contributed by atoms with Crippen molar-refractivity contribution in [2.75, 3.05) is 26.2 Å². The predicted molar refractivity (Wildman–Crippen MR) is 110 cm³/mol. The normalized spacial score (nSPS) is 15.6. The van der Waals surface area contributed by atoms with Crippen LogP contribution in [0.1, 0.15) is 12.0 Å². The zero-order valence-electron chi connectivity index (χ0n) is 16.6. The first-order chi connectivity index (χ1) is 14.0. The summed E-state index contributed by atoms with van der Waals surface area (Å²) in [4.78, 5) is 29.6. The Labute approximate surface area is 168 Å². The number of hydrogen-bond donors (Lipinski definition) is 0. The number of aryl methyl sites for hydroxylation is 1. The molecule has 0 bridgehead atoms. The fourth-order valence-corrected chi connectivity index (χ4v) is 3.98. The van der Waals surface area contributed by atoms with Crippen LogP contribution in [0.3, 0.4) is 0 Å². The van der Waals surface area contributed by atoms with Gasteiger partial charge in [0.1, 0.15) is 12.4 Å². The molecule has 0 saturated carbocycles. The molecule has 7 heteroatoms. The molecular weight excluding hydrogens is 371 g/mol. The Morgan fingerprint density at radius 1 is 0.966 bits per heavy atom. The SMILES string of the molecule is Cn1c(=O)n(CC(=O)N2CCCN(Cc3ccc(F)cc3)CC2)c2ccccc21. The molecule has 1 aromatic heterocycles. The summed E-state index contributed by atoms with van der Waals surface area (Å²) < 4.78 is 16.2. The summed E-state index contributed by atoms with van der Waals surface area (Å²) in [5, 5.41) is 0. The van der Waals surface area contributed by atoms with Gasteiger partial charge in [-0.25, -0.2) is 9.18 Å². The van der Waals surface area contributed by atoms with Crippen LogP contribution in [0.4, 0.5) is 4.39 Å². The molecular formula is C22H25FN4O2. The van der Waals surface area contributed by atoms with E-state index < -0.39 is 0 Å². The van der Waals surface area contributed by atoms with Gasteiger partial charge in [0.25, 0.3) is 0 Å². The highest BCUT2D eigenvalue weighted by molar-refractivity contribution is 5.81. The lowest BCUT2D eigenvalue weighted by molar-refractivity contribution is -0.131. The van der Waals surface area contributed by atoms with E-state index in [1.165, 1.54) is 12.1 Å². The smallest absolute Gasteiger partial charge is 0.329 e. The van der Waals surface area contributed by atoms with Gasteiger partial charge in [0, 0.05) is 39.8 Å². The summed E-state index contributed by atoms with van der Waals surface area (Å²) in [5.74, 6) is -0.267. The molecule has 4 rings (SSSR count). The molecule has 0 atom stereocenters. The number of carbonyl (C=O) groups is 1. The lowest BCUT2D eigenvalue weighted by atomic mass is 10.2. The average Bonchev–Trinajstić information content (AvgIpc) is 2.89. The molecule has 1 fully saturated rings. The van der Waals surface area contributed by atoms with E-state index in [0.29, 0.717) is 13.1 Å². The number of amides is 1. The van der Waals surface area contributed by atoms with E-state index >= 15 is 0 Å². The zero-order valence-corrected chi connectivity index (χ0v) is 16.6. The molecule has 0 N–H and O–H groups in total. The number of rotatable bonds is 4. The van der Waals surface area contributed by atoms with Gasteiger partial charge in [-0.05, 0) is 36.2 Å². The topological polar surface area (TPSA) is 50.5 Å². The first-order valence-electron chi connectivity index (χ1n) is 9.92. The number of imidazole rings is 1. The summed E-state index contributed by atoms with van der Waals surface area (Å²) in [7, 11) is 1.73. The molecule has 0 radical (unpaired) electrons. The minimum atomic E-state index is -0.231. The Kier molecular flexibility index (Phi) is 5.49. The Hall–Kier alpha value is -2.93. The van der Waals surface area contributed by atoms with E-state index in [-0.39, 0.29) is 24.0 Å². The van der Waals surface area contributed by atoms with Crippen molar-refractivity contribution < 1.29 is 9.18 Å². The number of hydrogen-bond acceptors (Lipinski definition) is 3. The summed E-state index contributed by atoms with van der Waals surface area (Å²) >= 11 is 0. The largest absolute Gasteiger partial charge is 0.340 e. The third-order valence-electron chi connectivity index (χ3n) is 5.61. The van der Waals surface area contributed by atoms with Crippen LogP contribution in [0.5, 0.6) is 0 Å². The molecule has 2 aromatic carbocycles. The third-order valence-corrected chi connectivity index (χ3v) is 5.61. The van der Waals surface area contributed by atoms with Crippen molar-refractivity contribution in [1.82, 2.24) is 18.9 Å². The van der Waals surface area contributed by atoms with E-state index in [0.717, 1.165) is 42.7 Å². The number of carbonyl (C=O) groups excluding carboxylic acids is 1. The molecule has 0 aliphatic carbocycles. The Morgan fingerprint density at radius 2 is 1.69 bits per heavy atom. The van der Waals surface area contributed by atoms with Gasteiger partial charge < -0.3 is 4.90 Å². The molecule has 152 valence electrons. The van der Waals surface area contributed by atoms with Crippen LogP contribution in [0.25, 0.3) is 11.0 Å². The van der Waals surface area contributed by atoms with Gasteiger partial charge in [0.05, 0.1) is 11.0 Å². The quantitative estimate of drug-likeness (QED) is 0.680. The molecule has 6 nitrogen and oxygen atoms in total. The number of aromatic nitrogens is 2. The number of fused-ring (bicyclic) bond motifs is 1. The van der Waals surface area contributed by atoms with Gasteiger partial charge in [0.15, 0.2) is 0 Å². The van der Waals surface area contributed by atoms with Gasteiger partial charge >= 0.3 is 5.69 Å². The van der Waals surface area contributed by atoms with Gasteiger partial charge in [-0.2, -0.15) is 0 Å². The first kappa shape index (κ1) is 19.4. The maximum atomic E-state index is 13.1. The van der Waals surface area contributed by atoms with Crippen molar-refractivity contribution in [3.8, 4) is 0 Å². The van der Waals surface area contributed by atoms with Crippen LogP contribution in [0.2, 0.25) is 0 Å². The maximum absolute atomic E-state index is 13.1. The van der Waals surface area contributed by atoms with Crippen LogP contribution in [0, 0.1) is 5.82 Å². The van der Waals surface area contributed by atoms with Crippen LogP contribution < -0.4 is 5.69 Å². The summed E-state index contributed by atoms with van der Waals surface area (Å²) in [6.07, 6.45) is 0.872. The molecule has 29 heavy (non-hydrogen) atoms. The van der Waals surface area contributed by atoms with Gasteiger partial charge in [0.2, 0.25) is 5.91 Å². The summed E-state index contributed by atoms with van der Waals surface area (Å²) in [6, 6.07) is 14.1. The fourth-order valence-electron chi connectivity index (χ4n) is 3.98. The van der Waals surface area contributed by atoms with Crippen LogP contribution in [-0.2, 0) is 24.9 Å². The molecule has 1 saturated heterocycles. The van der Waals surface area contributed by atoms with Crippen molar-refractivity contribution in [2.24, 2.45) is 7.05 Å². The van der Waals surface area contributed by atoms with E-state index in [1.807, 2.05) is 29.2 Å². The minimum Gasteiger partial charge on any atom is -0.340 e. The molecule has 1 aliphatic heterocycles. The van der Waals surface area contributed by atoms with E-state index in [1.54, 1.807) is 28.3 Å². The molecule has 1 amide bonds. The highest BCUT2D eigenvalue weighted by atomic mass is 19.1. The van der Waals surface area contributed by atoms with E-state index in [2.05, 4.69) is 4.90 Å². The van der Waals surface area contributed by atoms with Gasteiger partial charge in [-0.1, -0.05) is 24.3 Å². The second kappa shape index (κ2) is 8.21. The lowest BCUT2D eigenvalue weighted by Crippen LogP contribution is -2.39. The molecule has 2 heterocycles. The first-order valence-corrected chi connectivity index (χ1v) is 9.92. The Bertz CT molecular complexity index is 1070. The number of para-hydroxylation sites is 2. The van der Waals surface area contributed by atoms with Crippen molar-refractivity contribution in [2.45, 2.75) is 19.5 Å². The van der Waals surface area contributed by atoms with E-state index in [9.17, 15) is 14.0 Å². The Morgan fingerprint density at radius 3 is 2.45 bits per heavy atom. The average molecular weight is 396 g/mol. The van der Waals surface area contributed by atoms with Crippen molar-refractivity contribution >= 4 is 16.9 Å². The minimum absolute atomic E-state index is 0.0351. The molecule has 3 aromatic rings. The highest BCUT2D eigenvalue weighted by Crippen LogP contribution is 2.13. The lowest BCUT2D eigenvalue weighted by Gasteiger charge is -2.22. The third kappa shape index (κ3) is 4.10. The molecule has 0 unspecified atom stereocenters. The summed E-state index contributed by atoms with van der Waals surface area (Å²) in [5.41, 5.74) is 2.49. The van der Waals surface area contributed by atoms with Crippen molar-refractivity contribution in [1.29, 1.82) is 0 Å². The van der Waals surface area contributed by atoms with Crippen molar-refractivity contribution in [3.63, 3.8) is 0 Å². The molecule has 0 spiro atoms.